The standard InChI is InChI=1S/C10H11FO2S/c11-8-1-2-10(7(3-8)4-12)14-9-5-13-6-9/h1-3,9,12H,4-6H2. The molecular weight excluding hydrogens is 203 g/mol. The van der Waals surface area contributed by atoms with Crippen LogP contribution in [-0.2, 0) is 11.3 Å². The maximum absolute atomic E-state index is 12.8. The van der Waals surface area contributed by atoms with Crippen LogP contribution in [0.3, 0.4) is 0 Å². The van der Waals surface area contributed by atoms with Crippen molar-refractivity contribution in [3.05, 3.63) is 29.6 Å². The molecule has 2 rings (SSSR count). The van der Waals surface area contributed by atoms with Crippen molar-refractivity contribution < 1.29 is 14.2 Å². The fourth-order valence-electron chi connectivity index (χ4n) is 1.25. The lowest BCUT2D eigenvalue weighted by Gasteiger charge is -2.25. The number of halogens is 1. The third-order valence-corrected chi connectivity index (χ3v) is 3.35. The molecule has 1 aliphatic rings. The minimum absolute atomic E-state index is 0.117. The van der Waals surface area contributed by atoms with E-state index in [1.54, 1.807) is 17.8 Å². The summed E-state index contributed by atoms with van der Waals surface area (Å²) in [6.07, 6.45) is 0. The Balaban J connectivity index is 2.14. The van der Waals surface area contributed by atoms with Gasteiger partial charge in [0.05, 0.1) is 25.1 Å². The molecule has 1 aromatic carbocycles. The lowest BCUT2D eigenvalue weighted by molar-refractivity contribution is 0.0455. The van der Waals surface area contributed by atoms with E-state index < -0.39 is 0 Å². The number of hydrogen-bond donors (Lipinski definition) is 1. The van der Waals surface area contributed by atoms with Gasteiger partial charge in [0.15, 0.2) is 0 Å². The summed E-state index contributed by atoms with van der Waals surface area (Å²) >= 11 is 1.64. The highest BCUT2D eigenvalue weighted by atomic mass is 32.2. The lowest BCUT2D eigenvalue weighted by Crippen LogP contribution is -2.30. The molecule has 1 fully saturated rings. The maximum Gasteiger partial charge on any atom is 0.123 e. The van der Waals surface area contributed by atoms with Crippen LogP contribution in [-0.4, -0.2) is 23.6 Å². The summed E-state index contributed by atoms with van der Waals surface area (Å²) in [5.74, 6) is -0.303. The Hall–Kier alpha value is -0.580. The zero-order chi connectivity index (χ0) is 9.97. The van der Waals surface area contributed by atoms with Crippen molar-refractivity contribution in [3.8, 4) is 0 Å². The van der Waals surface area contributed by atoms with Crippen LogP contribution in [0.1, 0.15) is 5.56 Å². The van der Waals surface area contributed by atoms with E-state index in [0.29, 0.717) is 10.8 Å². The molecule has 0 aromatic heterocycles. The number of thioether (sulfide) groups is 1. The molecule has 1 aromatic rings. The number of hydrogen-bond acceptors (Lipinski definition) is 3. The first-order valence-electron chi connectivity index (χ1n) is 4.43. The van der Waals surface area contributed by atoms with Gasteiger partial charge in [-0.15, -0.1) is 11.8 Å². The van der Waals surface area contributed by atoms with Gasteiger partial charge < -0.3 is 9.84 Å². The molecule has 0 atom stereocenters. The molecule has 14 heavy (non-hydrogen) atoms. The van der Waals surface area contributed by atoms with Gasteiger partial charge >= 0.3 is 0 Å². The van der Waals surface area contributed by atoms with Crippen molar-refractivity contribution in [2.75, 3.05) is 13.2 Å². The molecule has 1 N–H and O–H groups in total. The monoisotopic (exact) mass is 214 g/mol. The van der Waals surface area contributed by atoms with Crippen molar-refractivity contribution in [3.63, 3.8) is 0 Å². The summed E-state index contributed by atoms with van der Waals surface area (Å²) < 4.78 is 17.9. The van der Waals surface area contributed by atoms with Gasteiger partial charge in [-0.2, -0.15) is 0 Å². The minimum atomic E-state index is -0.303. The summed E-state index contributed by atoms with van der Waals surface area (Å²) in [5, 5.41) is 9.49. The number of ether oxygens (including phenoxy) is 1. The van der Waals surface area contributed by atoms with E-state index in [1.165, 1.54) is 12.1 Å². The highest BCUT2D eigenvalue weighted by Crippen LogP contribution is 2.31. The first kappa shape index (κ1) is 9.96. The quantitative estimate of drug-likeness (QED) is 0.832. The van der Waals surface area contributed by atoms with Gasteiger partial charge in [-0.3, -0.25) is 0 Å². The minimum Gasteiger partial charge on any atom is -0.392 e. The molecule has 4 heteroatoms. The zero-order valence-corrected chi connectivity index (χ0v) is 8.39. The van der Waals surface area contributed by atoms with Crippen molar-refractivity contribution in [1.82, 2.24) is 0 Å². The number of benzene rings is 1. The van der Waals surface area contributed by atoms with E-state index in [4.69, 9.17) is 9.84 Å². The largest absolute Gasteiger partial charge is 0.392 e. The highest BCUT2D eigenvalue weighted by molar-refractivity contribution is 8.00. The van der Waals surface area contributed by atoms with Gasteiger partial charge in [-0.1, -0.05) is 0 Å². The van der Waals surface area contributed by atoms with Crippen LogP contribution in [0, 0.1) is 5.82 Å². The predicted octanol–water partition coefficient (Wildman–Crippen LogP) is 1.81. The zero-order valence-electron chi connectivity index (χ0n) is 7.57. The first-order valence-corrected chi connectivity index (χ1v) is 5.31. The second-order valence-electron chi connectivity index (χ2n) is 3.19. The van der Waals surface area contributed by atoms with Crippen LogP contribution in [0.4, 0.5) is 4.39 Å². The summed E-state index contributed by atoms with van der Waals surface area (Å²) in [6, 6.07) is 4.51. The molecule has 0 aliphatic carbocycles. The van der Waals surface area contributed by atoms with E-state index in [-0.39, 0.29) is 12.4 Å². The Morgan fingerprint density at radius 2 is 2.29 bits per heavy atom. The molecule has 0 unspecified atom stereocenters. The molecule has 2 nitrogen and oxygen atoms in total. The molecular formula is C10H11FO2S. The van der Waals surface area contributed by atoms with Crippen LogP contribution in [0.2, 0.25) is 0 Å². The van der Waals surface area contributed by atoms with Crippen LogP contribution in [0.5, 0.6) is 0 Å². The van der Waals surface area contributed by atoms with Crippen LogP contribution in [0.15, 0.2) is 23.1 Å². The average Bonchev–Trinajstić information content (AvgIpc) is 2.13. The Kier molecular flexibility index (Phi) is 3.05. The summed E-state index contributed by atoms with van der Waals surface area (Å²) in [4.78, 5) is 0.946. The Bertz CT molecular complexity index is 326. The van der Waals surface area contributed by atoms with E-state index >= 15 is 0 Å². The first-order chi connectivity index (χ1) is 6.79. The fraction of sp³-hybridized carbons (Fsp3) is 0.400. The predicted molar refractivity (Wildman–Crippen MR) is 52.8 cm³/mol. The summed E-state index contributed by atoms with van der Waals surface area (Å²) in [7, 11) is 0. The molecule has 1 aliphatic heterocycles. The molecule has 0 radical (unpaired) electrons. The van der Waals surface area contributed by atoms with Crippen molar-refractivity contribution in [2.45, 2.75) is 16.8 Å². The molecule has 76 valence electrons. The summed E-state index contributed by atoms with van der Waals surface area (Å²) in [6.45, 7) is 1.37. The van der Waals surface area contributed by atoms with Crippen LogP contribution >= 0.6 is 11.8 Å². The van der Waals surface area contributed by atoms with E-state index in [0.717, 1.165) is 18.1 Å². The average molecular weight is 214 g/mol. The van der Waals surface area contributed by atoms with Crippen LogP contribution < -0.4 is 0 Å². The fourth-order valence-corrected chi connectivity index (χ4v) is 2.36. The Labute approximate surface area is 86.1 Å². The number of aliphatic hydroxyl groups excluding tert-OH is 1. The van der Waals surface area contributed by atoms with Gasteiger partial charge in [0.1, 0.15) is 5.82 Å². The summed E-state index contributed by atoms with van der Waals surface area (Å²) in [5.41, 5.74) is 0.655. The molecule has 0 amide bonds. The normalized spacial score (nSPS) is 16.7. The second kappa shape index (κ2) is 4.29. The molecule has 0 bridgehead atoms. The molecule has 1 heterocycles. The second-order valence-corrected chi connectivity index (χ2v) is 4.53. The third-order valence-electron chi connectivity index (χ3n) is 2.09. The Morgan fingerprint density at radius 3 is 2.86 bits per heavy atom. The lowest BCUT2D eigenvalue weighted by atomic mass is 10.2. The maximum atomic E-state index is 12.8. The SMILES string of the molecule is OCc1cc(F)ccc1SC1COC1. The Morgan fingerprint density at radius 1 is 1.50 bits per heavy atom. The number of aliphatic hydroxyl groups is 1. The van der Waals surface area contributed by atoms with Crippen molar-refractivity contribution >= 4 is 11.8 Å². The topological polar surface area (TPSA) is 29.5 Å². The third kappa shape index (κ3) is 2.08. The van der Waals surface area contributed by atoms with Crippen LogP contribution in [0.25, 0.3) is 0 Å². The molecule has 0 spiro atoms. The van der Waals surface area contributed by atoms with Crippen molar-refractivity contribution in [2.24, 2.45) is 0 Å². The van der Waals surface area contributed by atoms with Crippen molar-refractivity contribution in [1.29, 1.82) is 0 Å². The van der Waals surface area contributed by atoms with Gasteiger partial charge in [0.2, 0.25) is 0 Å². The molecule has 1 saturated heterocycles. The number of rotatable bonds is 3. The van der Waals surface area contributed by atoms with E-state index in [1.807, 2.05) is 0 Å². The van der Waals surface area contributed by atoms with Gasteiger partial charge in [0, 0.05) is 4.90 Å². The van der Waals surface area contributed by atoms with E-state index in [2.05, 4.69) is 0 Å². The highest BCUT2D eigenvalue weighted by Gasteiger charge is 2.20. The van der Waals surface area contributed by atoms with Gasteiger partial charge in [-0.25, -0.2) is 4.39 Å². The molecule has 0 saturated carbocycles. The van der Waals surface area contributed by atoms with E-state index in [9.17, 15) is 4.39 Å². The van der Waals surface area contributed by atoms with Gasteiger partial charge in [0.25, 0.3) is 0 Å². The van der Waals surface area contributed by atoms with Gasteiger partial charge in [-0.05, 0) is 23.8 Å². The smallest absolute Gasteiger partial charge is 0.123 e.